The van der Waals surface area contributed by atoms with Gasteiger partial charge in [-0.2, -0.15) is 0 Å². The third kappa shape index (κ3) is 6.46. The van der Waals surface area contributed by atoms with Gasteiger partial charge in [-0.1, -0.05) is 29.8 Å². The number of nitrogens with one attached hydrogen (secondary N) is 1. The summed E-state index contributed by atoms with van der Waals surface area (Å²) in [6, 6.07) is 12.4. The van der Waals surface area contributed by atoms with Crippen molar-refractivity contribution in [3.8, 4) is 11.5 Å². The minimum Gasteiger partial charge on any atom is -0.493 e. The Hall–Kier alpha value is -2.73. The molecular weight excluding hydrogens is 382 g/mol. The second-order valence-corrected chi connectivity index (χ2v) is 6.63. The standard InChI is InChI=1S/C21H24ClNO5/c1-14(16-6-8-17(22)9-7-16)23-20(24)13-28-21(25)11-5-15-4-10-18(26-2)19(12-15)27-3/h4,6-10,12,14H,5,11,13H2,1-3H3,(H,23,24)/t14-/m1/s1. The van der Waals surface area contributed by atoms with Gasteiger partial charge in [0.1, 0.15) is 0 Å². The zero-order valence-corrected chi connectivity index (χ0v) is 16.9. The van der Waals surface area contributed by atoms with Crippen LogP contribution in [-0.4, -0.2) is 32.7 Å². The molecule has 0 spiro atoms. The maximum absolute atomic E-state index is 12.0. The summed E-state index contributed by atoms with van der Waals surface area (Å²) in [5, 5.41) is 3.41. The van der Waals surface area contributed by atoms with Crippen LogP contribution in [0.5, 0.6) is 11.5 Å². The number of amides is 1. The van der Waals surface area contributed by atoms with Crippen LogP contribution in [0, 0.1) is 0 Å². The monoisotopic (exact) mass is 405 g/mol. The summed E-state index contributed by atoms with van der Waals surface area (Å²) in [6.45, 7) is 1.53. The van der Waals surface area contributed by atoms with Crippen molar-refractivity contribution in [1.82, 2.24) is 5.32 Å². The van der Waals surface area contributed by atoms with Crippen molar-refractivity contribution >= 4 is 23.5 Å². The van der Waals surface area contributed by atoms with Crippen molar-refractivity contribution in [2.24, 2.45) is 0 Å². The third-order valence-corrected chi connectivity index (χ3v) is 4.43. The number of benzene rings is 2. The van der Waals surface area contributed by atoms with E-state index in [0.717, 1.165) is 11.1 Å². The van der Waals surface area contributed by atoms with Gasteiger partial charge in [-0.3, -0.25) is 9.59 Å². The lowest BCUT2D eigenvalue weighted by Gasteiger charge is -2.14. The van der Waals surface area contributed by atoms with Gasteiger partial charge in [-0.05, 0) is 48.7 Å². The molecule has 150 valence electrons. The van der Waals surface area contributed by atoms with Crippen LogP contribution in [0.1, 0.15) is 30.5 Å². The number of rotatable bonds is 9. The highest BCUT2D eigenvalue weighted by molar-refractivity contribution is 6.30. The second kappa shape index (κ2) is 10.6. The van der Waals surface area contributed by atoms with Crippen LogP contribution in [0.25, 0.3) is 0 Å². The first-order valence-corrected chi connectivity index (χ1v) is 9.22. The van der Waals surface area contributed by atoms with E-state index in [2.05, 4.69) is 5.32 Å². The van der Waals surface area contributed by atoms with Crippen LogP contribution >= 0.6 is 11.6 Å². The SMILES string of the molecule is COc1ccc(CCC(=O)OCC(=O)N[C@H](C)c2ccc(Cl)cc2)cc1OC. The predicted octanol–water partition coefficient (Wildman–Crippen LogP) is 3.71. The van der Waals surface area contributed by atoms with Gasteiger partial charge in [0, 0.05) is 11.4 Å². The molecule has 2 aromatic carbocycles. The molecule has 2 aromatic rings. The van der Waals surface area contributed by atoms with E-state index in [9.17, 15) is 9.59 Å². The number of halogens is 1. The second-order valence-electron chi connectivity index (χ2n) is 6.19. The Balaban J connectivity index is 1.76. The molecule has 0 unspecified atom stereocenters. The molecule has 6 nitrogen and oxygen atoms in total. The zero-order valence-electron chi connectivity index (χ0n) is 16.2. The molecule has 28 heavy (non-hydrogen) atoms. The van der Waals surface area contributed by atoms with E-state index < -0.39 is 5.97 Å². The van der Waals surface area contributed by atoms with Gasteiger partial charge < -0.3 is 19.5 Å². The fourth-order valence-corrected chi connectivity index (χ4v) is 2.74. The number of hydrogen-bond acceptors (Lipinski definition) is 5. The summed E-state index contributed by atoms with van der Waals surface area (Å²) in [6.07, 6.45) is 0.636. The molecule has 0 heterocycles. The highest BCUT2D eigenvalue weighted by Crippen LogP contribution is 2.28. The van der Waals surface area contributed by atoms with Gasteiger partial charge >= 0.3 is 5.97 Å². The average molecular weight is 406 g/mol. The molecule has 0 fully saturated rings. The Morgan fingerprint density at radius 2 is 1.71 bits per heavy atom. The maximum Gasteiger partial charge on any atom is 0.306 e. The van der Waals surface area contributed by atoms with E-state index in [-0.39, 0.29) is 25.0 Å². The predicted molar refractivity (Wildman–Crippen MR) is 107 cm³/mol. The van der Waals surface area contributed by atoms with Gasteiger partial charge in [0.05, 0.1) is 20.3 Å². The number of ether oxygens (including phenoxy) is 3. The van der Waals surface area contributed by atoms with Crippen molar-refractivity contribution in [2.75, 3.05) is 20.8 Å². The summed E-state index contributed by atoms with van der Waals surface area (Å²) in [5.74, 6) is 0.426. The van der Waals surface area contributed by atoms with Crippen molar-refractivity contribution in [1.29, 1.82) is 0 Å². The van der Waals surface area contributed by atoms with Crippen LogP contribution in [0.15, 0.2) is 42.5 Å². The smallest absolute Gasteiger partial charge is 0.306 e. The molecule has 0 radical (unpaired) electrons. The molecule has 1 amide bonds. The highest BCUT2D eigenvalue weighted by Gasteiger charge is 2.13. The zero-order chi connectivity index (χ0) is 20.5. The number of aryl methyl sites for hydroxylation is 1. The summed E-state index contributed by atoms with van der Waals surface area (Å²) in [7, 11) is 3.12. The molecule has 0 saturated carbocycles. The summed E-state index contributed by atoms with van der Waals surface area (Å²) < 4.78 is 15.5. The van der Waals surface area contributed by atoms with Gasteiger partial charge in [0.25, 0.3) is 5.91 Å². The van der Waals surface area contributed by atoms with Crippen LogP contribution in [0.2, 0.25) is 5.02 Å². The van der Waals surface area contributed by atoms with Crippen LogP contribution < -0.4 is 14.8 Å². The number of carbonyl (C=O) groups is 2. The number of hydrogen-bond donors (Lipinski definition) is 1. The topological polar surface area (TPSA) is 73.9 Å². The maximum atomic E-state index is 12.0. The van der Waals surface area contributed by atoms with Gasteiger partial charge in [0.15, 0.2) is 18.1 Å². The molecule has 7 heteroatoms. The molecular formula is C21H24ClNO5. The molecule has 0 aliphatic rings. The third-order valence-electron chi connectivity index (χ3n) is 4.18. The molecule has 1 N–H and O–H groups in total. The molecule has 2 rings (SSSR count). The lowest BCUT2D eigenvalue weighted by atomic mass is 10.1. The highest BCUT2D eigenvalue weighted by atomic mass is 35.5. The van der Waals surface area contributed by atoms with Crippen molar-refractivity contribution in [2.45, 2.75) is 25.8 Å². The van der Waals surface area contributed by atoms with Crippen molar-refractivity contribution < 1.29 is 23.8 Å². The lowest BCUT2D eigenvalue weighted by molar-refractivity contribution is -0.148. The van der Waals surface area contributed by atoms with Crippen LogP contribution in [0.3, 0.4) is 0 Å². The Kier molecular flexibility index (Phi) is 8.14. The Morgan fingerprint density at radius 1 is 1.04 bits per heavy atom. The van der Waals surface area contributed by atoms with Crippen molar-refractivity contribution in [3.05, 3.63) is 58.6 Å². The molecule has 0 aliphatic carbocycles. The number of methoxy groups -OCH3 is 2. The van der Waals surface area contributed by atoms with E-state index in [1.807, 2.05) is 31.2 Å². The molecule has 1 atom stereocenters. The number of carbonyl (C=O) groups excluding carboxylic acids is 2. The van der Waals surface area contributed by atoms with E-state index in [1.165, 1.54) is 0 Å². The fraction of sp³-hybridized carbons (Fsp3) is 0.333. The summed E-state index contributed by atoms with van der Waals surface area (Å²) in [4.78, 5) is 23.9. The van der Waals surface area contributed by atoms with E-state index in [0.29, 0.717) is 22.9 Å². The lowest BCUT2D eigenvalue weighted by Crippen LogP contribution is -2.31. The van der Waals surface area contributed by atoms with Crippen LogP contribution in [0.4, 0.5) is 0 Å². The van der Waals surface area contributed by atoms with E-state index in [1.54, 1.807) is 32.4 Å². The molecule has 0 saturated heterocycles. The average Bonchev–Trinajstić information content (AvgIpc) is 2.70. The van der Waals surface area contributed by atoms with Crippen molar-refractivity contribution in [3.63, 3.8) is 0 Å². The summed E-state index contributed by atoms with van der Waals surface area (Å²) >= 11 is 5.85. The first-order chi connectivity index (χ1) is 13.4. The van der Waals surface area contributed by atoms with Gasteiger partial charge in [0.2, 0.25) is 0 Å². The first-order valence-electron chi connectivity index (χ1n) is 8.84. The van der Waals surface area contributed by atoms with Gasteiger partial charge in [-0.15, -0.1) is 0 Å². The largest absolute Gasteiger partial charge is 0.493 e. The van der Waals surface area contributed by atoms with Gasteiger partial charge in [-0.25, -0.2) is 0 Å². The molecule has 0 aromatic heterocycles. The Morgan fingerprint density at radius 3 is 2.36 bits per heavy atom. The van der Waals surface area contributed by atoms with E-state index in [4.69, 9.17) is 25.8 Å². The minimum absolute atomic E-state index is 0.162. The normalized spacial score (nSPS) is 11.4. The first kappa shape index (κ1) is 21.6. The molecule has 0 bridgehead atoms. The molecule has 0 aliphatic heterocycles. The quantitative estimate of drug-likeness (QED) is 0.644. The summed E-state index contributed by atoms with van der Waals surface area (Å²) in [5.41, 5.74) is 1.83. The Labute approximate surface area is 169 Å². The number of esters is 1. The minimum atomic E-state index is -0.441. The van der Waals surface area contributed by atoms with Crippen LogP contribution in [-0.2, 0) is 20.7 Å². The fourth-order valence-electron chi connectivity index (χ4n) is 2.62. The van der Waals surface area contributed by atoms with E-state index >= 15 is 0 Å². The Bertz CT molecular complexity index is 807.